The number of rotatable bonds is 2. The van der Waals surface area contributed by atoms with Crippen molar-refractivity contribution in [1.82, 2.24) is 0 Å². The van der Waals surface area contributed by atoms with Crippen molar-refractivity contribution < 1.29 is 8.42 Å². The number of nitrogens with zero attached hydrogens (tertiary/aromatic N) is 2. The van der Waals surface area contributed by atoms with Gasteiger partial charge in [-0.2, -0.15) is 5.26 Å². The summed E-state index contributed by atoms with van der Waals surface area (Å²) in [7, 11) is -2.94. The third-order valence-electron chi connectivity index (χ3n) is 3.23. The molecule has 4 nitrogen and oxygen atoms in total. The van der Waals surface area contributed by atoms with Crippen LogP contribution in [0.1, 0.15) is 17.5 Å². The molecule has 0 N–H and O–H groups in total. The maximum atomic E-state index is 11.6. The molecule has 6 heteroatoms. The van der Waals surface area contributed by atoms with E-state index >= 15 is 0 Å². The molecule has 2 rings (SSSR count). The SMILES string of the molecule is N#Cc1cc(CCl)ccc1N1CCCS(=O)(=O)CC1. The highest BCUT2D eigenvalue weighted by molar-refractivity contribution is 7.91. The lowest BCUT2D eigenvalue weighted by Gasteiger charge is -2.23. The van der Waals surface area contributed by atoms with Crippen molar-refractivity contribution in [1.29, 1.82) is 5.26 Å². The molecule has 1 aromatic rings. The number of nitriles is 1. The first-order valence-electron chi connectivity index (χ1n) is 6.10. The van der Waals surface area contributed by atoms with Crippen LogP contribution in [0.25, 0.3) is 0 Å². The van der Waals surface area contributed by atoms with Crippen molar-refractivity contribution >= 4 is 27.1 Å². The van der Waals surface area contributed by atoms with Gasteiger partial charge in [-0.15, -0.1) is 11.6 Å². The van der Waals surface area contributed by atoms with Crippen molar-refractivity contribution in [3.8, 4) is 6.07 Å². The zero-order valence-corrected chi connectivity index (χ0v) is 12.0. The third-order valence-corrected chi connectivity index (χ3v) is 5.26. The highest BCUT2D eigenvalue weighted by Gasteiger charge is 2.20. The maximum Gasteiger partial charge on any atom is 0.152 e. The van der Waals surface area contributed by atoms with E-state index in [0.717, 1.165) is 11.3 Å². The molecule has 0 unspecified atom stereocenters. The summed E-state index contributed by atoms with van der Waals surface area (Å²) in [5.74, 6) is 0.740. The number of benzene rings is 1. The van der Waals surface area contributed by atoms with E-state index in [1.54, 1.807) is 6.07 Å². The molecule has 0 saturated carbocycles. The van der Waals surface area contributed by atoms with Crippen LogP contribution in [-0.2, 0) is 15.7 Å². The van der Waals surface area contributed by atoms with Gasteiger partial charge in [0.05, 0.1) is 22.8 Å². The monoisotopic (exact) mass is 298 g/mol. The molecule has 1 aromatic carbocycles. The highest BCUT2D eigenvalue weighted by Crippen LogP contribution is 2.24. The van der Waals surface area contributed by atoms with Crippen LogP contribution in [0.5, 0.6) is 0 Å². The Hall–Kier alpha value is -1.25. The molecule has 0 aromatic heterocycles. The fourth-order valence-electron chi connectivity index (χ4n) is 2.21. The molecular formula is C13H15ClN2O2S. The van der Waals surface area contributed by atoms with Gasteiger partial charge in [0.15, 0.2) is 9.84 Å². The molecular weight excluding hydrogens is 284 g/mol. The minimum Gasteiger partial charge on any atom is -0.369 e. The minimum atomic E-state index is -2.94. The molecule has 0 aliphatic carbocycles. The van der Waals surface area contributed by atoms with E-state index in [1.165, 1.54) is 0 Å². The molecule has 0 spiro atoms. The number of hydrogen-bond donors (Lipinski definition) is 0. The summed E-state index contributed by atoms with van der Waals surface area (Å²) in [6.07, 6.45) is 0.602. The lowest BCUT2D eigenvalue weighted by atomic mass is 10.1. The summed E-state index contributed by atoms with van der Waals surface area (Å²) in [6, 6.07) is 7.66. The third kappa shape index (κ3) is 3.40. The number of sulfone groups is 1. The van der Waals surface area contributed by atoms with E-state index < -0.39 is 9.84 Å². The zero-order valence-electron chi connectivity index (χ0n) is 10.5. The Bertz CT molecular complexity index is 608. The predicted molar refractivity (Wildman–Crippen MR) is 76.2 cm³/mol. The normalized spacial score (nSPS) is 18.6. The minimum absolute atomic E-state index is 0.148. The summed E-state index contributed by atoms with van der Waals surface area (Å²) >= 11 is 5.76. The number of alkyl halides is 1. The van der Waals surface area contributed by atoms with E-state index in [9.17, 15) is 13.7 Å². The molecule has 1 fully saturated rings. The number of halogens is 1. The van der Waals surface area contributed by atoms with Crippen LogP contribution < -0.4 is 4.90 Å². The van der Waals surface area contributed by atoms with Crippen molar-refractivity contribution in [2.45, 2.75) is 12.3 Å². The average Bonchev–Trinajstić information content (AvgIpc) is 2.59. The number of hydrogen-bond acceptors (Lipinski definition) is 4. The van der Waals surface area contributed by atoms with E-state index in [2.05, 4.69) is 6.07 Å². The smallest absolute Gasteiger partial charge is 0.152 e. The molecule has 0 amide bonds. The molecule has 0 radical (unpaired) electrons. The van der Waals surface area contributed by atoms with Gasteiger partial charge in [-0.1, -0.05) is 6.07 Å². The Labute approximate surface area is 118 Å². The average molecular weight is 299 g/mol. The Kier molecular flexibility index (Phi) is 4.33. The molecule has 102 valence electrons. The summed E-state index contributed by atoms with van der Waals surface area (Å²) < 4.78 is 23.2. The van der Waals surface area contributed by atoms with Crippen LogP contribution in [0.3, 0.4) is 0 Å². The van der Waals surface area contributed by atoms with Crippen molar-refractivity contribution in [3.63, 3.8) is 0 Å². The highest BCUT2D eigenvalue weighted by atomic mass is 35.5. The second kappa shape index (κ2) is 5.81. The zero-order chi connectivity index (χ0) is 13.9. The van der Waals surface area contributed by atoms with Gasteiger partial charge in [0.25, 0.3) is 0 Å². The molecule has 1 aliphatic rings. The second-order valence-electron chi connectivity index (χ2n) is 4.59. The fraction of sp³-hybridized carbons (Fsp3) is 0.462. The summed E-state index contributed by atoms with van der Waals surface area (Å²) in [5.41, 5.74) is 2.25. The predicted octanol–water partition coefficient (Wildman–Crippen LogP) is 1.92. The van der Waals surface area contributed by atoms with E-state index in [1.807, 2.05) is 17.0 Å². The van der Waals surface area contributed by atoms with Crippen LogP contribution >= 0.6 is 11.6 Å². The largest absolute Gasteiger partial charge is 0.369 e. The van der Waals surface area contributed by atoms with Gasteiger partial charge < -0.3 is 4.90 Å². The van der Waals surface area contributed by atoms with E-state index in [0.29, 0.717) is 31.0 Å². The quantitative estimate of drug-likeness (QED) is 0.783. The van der Waals surface area contributed by atoms with Gasteiger partial charge in [-0.3, -0.25) is 0 Å². The molecule has 1 aliphatic heterocycles. The van der Waals surface area contributed by atoms with Gasteiger partial charge in [0.1, 0.15) is 6.07 Å². The van der Waals surface area contributed by atoms with Gasteiger partial charge in [-0.05, 0) is 24.1 Å². The van der Waals surface area contributed by atoms with Crippen molar-refractivity contribution in [3.05, 3.63) is 29.3 Å². The summed E-state index contributed by atoms with van der Waals surface area (Å²) in [6.45, 7) is 1.10. The Morgan fingerprint density at radius 3 is 2.79 bits per heavy atom. The first-order valence-corrected chi connectivity index (χ1v) is 8.46. The number of anilines is 1. The first-order chi connectivity index (χ1) is 9.05. The standard InChI is InChI=1S/C13H15ClN2O2S/c14-9-11-2-3-13(12(8-11)10-15)16-4-1-6-19(17,18)7-5-16/h2-3,8H,1,4-7,9H2. The van der Waals surface area contributed by atoms with Crippen LogP contribution in [0.4, 0.5) is 5.69 Å². The van der Waals surface area contributed by atoms with E-state index in [-0.39, 0.29) is 11.5 Å². The molecule has 1 heterocycles. The first kappa shape index (κ1) is 14.2. The molecule has 0 bridgehead atoms. The molecule has 0 atom stereocenters. The lowest BCUT2D eigenvalue weighted by molar-refractivity contribution is 0.597. The van der Waals surface area contributed by atoms with Crippen molar-refractivity contribution in [2.24, 2.45) is 0 Å². The van der Waals surface area contributed by atoms with E-state index in [4.69, 9.17) is 11.6 Å². The van der Waals surface area contributed by atoms with Gasteiger partial charge in [-0.25, -0.2) is 8.42 Å². The lowest BCUT2D eigenvalue weighted by Crippen LogP contribution is -2.27. The summed E-state index contributed by atoms with van der Waals surface area (Å²) in [4.78, 5) is 1.97. The van der Waals surface area contributed by atoms with Crippen LogP contribution in [0.2, 0.25) is 0 Å². The van der Waals surface area contributed by atoms with Crippen LogP contribution in [-0.4, -0.2) is 33.0 Å². The van der Waals surface area contributed by atoms with Crippen LogP contribution in [0, 0.1) is 11.3 Å². The molecule has 1 saturated heterocycles. The van der Waals surface area contributed by atoms with Gasteiger partial charge in [0.2, 0.25) is 0 Å². The van der Waals surface area contributed by atoms with Gasteiger partial charge >= 0.3 is 0 Å². The maximum absolute atomic E-state index is 11.6. The topological polar surface area (TPSA) is 61.2 Å². The van der Waals surface area contributed by atoms with Crippen molar-refractivity contribution in [2.75, 3.05) is 29.5 Å². The van der Waals surface area contributed by atoms with Gasteiger partial charge in [0, 0.05) is 19.0 Å². The Morgan fingerprint density at radius 2 is 2.11 bits per heavy atom. The second-order valence-corrected chi connectivity index (χ2v) is 7.16. The Balaban J connectivity index is 2.29. The summed E-state index contributed by atoms with van der Waals surface area (Å²) in [5, 5.41) is 9.20. The Morgan fingerprint density at radius 1 is 1.32 bits per heavy atom. The van der Waals surface area contributed by atoms with Crippen LogP contribution in [0.15, 0.2) is 18.2 Å². The molecule has 19 heavy (non-hydrogen) atoms. The fourth-order valence-corrected chi connectivity index (χ4v) is 3.65.